The highest BCUT2D eigenvalue weighted by Crippen LogP contribution is 2.26. The predicted molar refractivity (Wildman–Crippen MR) is 79.9 cm³/mol. The van der Waals surface area contributed by atoms with Crippen molar-refractivity contribution in [1.82, 2.24) is 10.6 Å². The molecule has 5 nitrogen and oxygen atoms in total. The van der Waals surface area contributed by atoms with Crippen LogP contribution in [0.1, 0.15) is 42.3 Å². The molecule has 0 radical (unpaired) electrons. The Bertz CT molecular complexity index is 544. The molecular formula is C15H22FN3O2. The van der Waals surface area contributed by atoms with Gasteiger partial charge in [-0.1, -0.05) is 6.92 Å². The van der Waals surface area contributed by atoms with Gasteiger partial charge >= 0.3 is 0 Å². The van der Waals surface area contributed by atoms with Crippen molar-refractivity contribution in [2.75, 3.05) is 14.1 Å². The summed E-state index contributed by atoms with van der Waals surface area (Å²) in [5, 5.41) is 5.34. The van der Waals surface area contributed by atoms with Crippen molar-refractivity contribution in [2.45, 2.75) is 26.4 Å². The summed E-state index contributed by atoms with van der Waals surface area (Å²) < 4.78 is 19.3. The van der Waals surface area contributed by atoms with Crippen molar-refractivity contribution >= 4 is 5.91 Å². The zero-order valence-electron chi connectivity index (χ0n) is 12.8. The molecule has 21 heavy (non-hydrogen) atoms. The van der Waals surface area contributed by atoms with E-state index < -0.39 is 11.9 Å². The van der Waals surface area contributed by atoms with Crippen LogP contribution in [0, 0.1) is 5.82 Å². The van der Waals surface area contributed by atoms with Crippen molar-refractivity contribution in [3.63, 3.8) is 0 Å². The summed E-state index contributed by atoms with van der Waals surface area (Å²) in [6.07, 6.45) is 0.0802. The summed E-state index contributed by atoms with van der Waals surface area (Å²) >= 11 is 0. The number of nitrogens with two attached hydrogens (primary N) is 1. The van der Waals surface area contributed by atoms with Crippen LogP contribution in [-0.4, -0.2) is 20.0 Å². The van der Waals surface area contributed by atoms with Crippen molar-refractivity contribution in [1.29, 1.82) is 0 Å². The second kappa shape index (κ2) is 7.52. The van der Waals surface area contributed by atoms with E-state index in [1.807, 2.05) is 6.92 Å². The third-order valence-electron chi connectivity index (χ3n) is 3.13. The Kier molecular flexibility index (Phi) is 6.02. The summed E-state index contributed by atoms with van der Waals surface area (Å²) in [6, 6.07) is 4.00. The highest BCUT2D eigenvalue weighted by molar-refractivity contribution is 5.95. The van der Waals surface area contributed by atoms with Crippen LogP contribution in [0.5, 0.6) is 0 Å². The lowest BCUT2D eigenvalue weighted by atomic mass is 10.0. The maximum absolute atomic E-state index is 13.5. The van der Waals surface area contributed by atoms with Gasteiger partial charge in [-0.15, -0.1) is 0 Å². The predicted octanol–water partition coefficient (Wildman–Crippen LogP) is 2.02. The third kappa shape index (κ3) is 4.11. The molecule has 0 aromatic heterocycles. The Hall–Kier alpha value is -2.24. The maximum atomic E-state index is 13.5. The Morgan fingerprint density at radius 2 is 2.05 bits per heavy atom. The molecule has 1 aromatic carbocycles. The molecule has 6 heteroatoms. The van der Waals surface area contributed by atoms with Gasteiger partial charge in [-0.3, -0.25) is 4.79 Å². The van der Waals surface area contributed by atoms with Crippen molar-refractivity contribution in [2.24, 2.45) is 5.73 Å². The number of carbonyl (C=O) groups excluding carboxylic acids is 1. The SMILES string of the molecule is CC/C(O[C@H](C)c1cc(F)ccc1C(=O)NC)=C(/N)NC. The molecule has 1 amide bonds. The van der Waals surface area contributed by atoms with E-state index in [4.69, 9.17) is 10.5 Å². The lowest BCUT2D eigenvalue weighted by Crippen LogP contribution is -2.22. The van der Waals surface area contributed by atoms with Crippen LogP contribution in [0.2, 0.25) is 0 Å². The molecule has 0 aliphatic heterocycles. The second-order valence-electron chi connectivity index (χ2n) is 4.51. The molecule has 4 N–H and O–H groups in total. The van der Waals surface area contributed by atoms with Gasteiger partial charge in [-0.25, -0.2) is 4.39 Å². The van der Waals surface area contributed by atoms with E-state index in [-0.39, 0.29) is 5.91 Å². The highest BCUT2D eigenvalue weighted by Gasteiger charge is 2.19. The minimum Gasteiger partial charge on any atom is -0.487 e. The topological polar surface area (TPSA) is 76.4 Å². The molecule has 0 saturated heterocycles. The Morgan fingerprint density at radius 3 is 2.57 bits per heavy atom. The number of allylic oxidation sites excluding steroid dienone is 1. The molecule has 0 bridgehead atoms. The number of rotatable bonds is 6. The van der Waals surface area contributed by atoms with Crippen LogP contribution in [0.25, 0.3) is 0 Å². The van der Waals surface area contributed by atoms with E-state index in [9.17, 15) is 9.18 Å². The van der Waals surface area contributed by atoms with Crippen molar-refractivity contribution in [3.8, 4) is 0 Å². The summed E-state index contributed by atoms with van der Waals surface area (Å²) in [5.41, 5.74) is 6.65. The molecule has 1 atom stereocenters. The average Bonchev–Trinajstić information content (AvgIpc) is 2.50. The largest absolute Gasteiger partial charge is 0.487 e. The summed E-state index contributed by atoms with van der Waals surface area (Å²) in [4.78, 5) is 11.9. The summed E-state index contributed by atoms with van der Waals surface area (Å²) in [6.45, 7) is 3.65. The minimum absolute atomic E-state index is 0.288. The summed E-state index contributed by atoms with van der Waals surface area (Å²) in [7, 11) is 3.22. The van der Waals surface area contributed by atoms with Crippen LogP contribution >= 0.6 is 0 Å². The molecule has 0 aliphatic rings. The number of halogens is 1. The molecule has 1 rings (SSSR count). The molecule has 0 spiro atoms. The van der Waals surface area contributed by atoms with Gasteiger partial charge in [0.2, 0.25) is 0 Å². The molecule has 0 aliphatic carbocycles. The Morgan fingerprint density at radius 1 is 1.38 bits per heavy atom. The Balaban J connectivity index is 3.14. The van der Waals surface area contributed by atoms with Crippen LogP contribution in [0.4, 0.5) is 4.39 Å². The summed E-state index contributed by atoms with van der Waals surface area (Å²) in [5.74, 6) is 0.278. The first-order valence-electron chi connectivity index (χ1n) is 6.79. The van der Waals surface area contributed by atoms with E-state index in [2.05, 4.69) is 10.6 Å². The zero-order chi connectivity index (χ0) is 16.0. The van der Waals surface area contributed by atoms with Crippen molar-refractivity contribution in [3.05, 3.63) is 46.7 Å². The van der Waals surface area contributed by atoms with Crippen LogP contribution in [0.3, 0.4) is 0 Å². The molecule has 0 fully saturated rings. The lowest BCUT2D eigenvalue weighted by Gasteiger charge is -2.20. The molecular weight excluding hydrogens is 273 g/mol. The Labute approximate surface area is 124 Å². The van der Waals surface area contributed by atoms with E-state index in [0.717, 1.165) is 0 Å². The standard InChI is InChI=1S/C15H22FN3O2/c1-5-13(14(17)18-3)21-9(2)12-8-10(16)6-7-11(12)15(20)19-4/h6-9,18H,5,17H2,1-4H3,(H,19,20)/b14-13+/t9-/m1/s1. The number of nitrogens with one attached hydrogen (secondary N) is 2. The maximum Gasteiger partial charge on any atom is 0.251 e. The first-order valence-corrected chi connectivity index (χ1v) is 6.79. The second-order valence-corrected chi connectivity index (χ2v) is 4.51. The molecule has 0 unspecified atom stereocenters. The smallest absolute Gasteiger partial charge is 0.251 e. The third-order valence-corrected chi connectivity index (χ3v) is 3.13. The molecule has 0 heterocycles. The number of ether oxygens (including phenoxy) is 1. The molecule has 1 aromatic rings. The number of benzene rings is 1. The first kappa shape index (κ1) is 16.8. The van der Waals surface area contributed by atoms with Crippen molar-refractivity contribution < 1.29 is 13.9 Å². The fourth-order valence-electron chi connectivity index (χ4n) is 1.96. The zero-order valence-corrected chi connectivity index (χ0v) is 12.8. The monoisotopic (exact) mass is 295 g/mol. The fourth-order valence-corrected chi connectivity index (χ4v) is 1.96. The number of hydrogen-bond donors (Lipinski definition) is 3. The molecule has 0 saturated carbocycles. The number of amides is 1. The lowest BCUT2D eigenvalue weighted by molar-refractivity contribution is 0.0944. The number of carbonyl (C=O) groups is 1. The van der Waals surface area contributed by atoms with Gasteiger partial charge in [0.15, 0.2) is 0 Å². The van der Waals surface area contributed by atoms with Gasteiger partial charge in [0, 0.05) is 31.6 Å². The molecule has 116 valence electrons. The van der Waals surface area contributed by atoms with Gasteiger partial charge in [-0.05, 0) is 25.1 Å². The quantitative estimate of drug-likeness (QED) is 0.702. The highest BCUT2D eigenvalue weighted by atomic mass is 19.1. The van der Waals surface area contributed by atoms with Gasteiger partial charge in [0.05, 0.1) is 0 Å². The normalized spacial score (nSPS) is 13.2. The van der Waals surface area contributed by atoms with E-state index >= 15 is 0 Å². The van der Waals surface area contributed by atoms with Crippen LogP contribution in [-0.2, 0) is 4.74 Å². The average molecular weight is 295 g/mol. The van der Waals surface area contributed by atoms with Gasteiger partial charge in [0.25, 0.3) is 5.91 Å². The van der Waals surface area contributed by atoms with E-state index in [1.54, 1.807) is 14.0 Å². The van der Waals surface area contributed by atoms with Gasteiger partial charge in [0.1, 0.15) is 23.5 Å². The first-order chi connectivity index (χ1) is 9.94. The van der Waals surface area contributed by atoms with E-state index in [1.165, 1.54) is 25.2 Å². The van der Waals surface area contributed by atoms with Gasteiger partial charge in [-0.2, -0.15) is 0 Å². The van der Waals surface area contributed by atoms with Gasteiger partial charge < -0.3 is 21.1 Å². The van der Waals surface area contributed by atoms with Crippen LogP contribution in [0.15, 0.2) is 29.8 Å². The van der Waals surface area contributed by atoms with E-state index in [0.29, 0.717) is 29.1 Å². The fraction of sp³-hybridized carbons (Fsp3) is 0.400. The minimum atomic E-state index is -0.505. The number of hydrogen-bond acceptors (Lipinski definition) is 4. The van der Waals surface area contributed by atoms with Crippen LogP contribution < -0.4 is 16.4 Å².